The Labute approximate surface area is 196 Å². The summed E-state index contributed by atoms with van der Waals surface area (Å²) in [5.74, 6) is 1.23. The summed E-state index contributed by atoms with van der Waals surface area (Å²) in [6.07, 6.45) is 4.18. The van der Waals surface area contributed by atoms with E-state index in [1.807, 2.05) is 55.1 Å². The Balaban J connectivity index is 2.26. The van der Waals surface area contributed by atoms with Gasteiger partial charge in [-0.05, 0) is 56.5 Å². The summed E-state index contributed by atoms with van der Waals surface area (Å²) in [7, 11) is 1.60. The van der Waals surface area contributed by atoms with Gasteiger partial charge in [0.2, 0.25) is 5.91 Å². The Morgan fingerprint density at radius 2 is 1.85 bits per heavy atom. The molecule has 1 unspecified atom stereocenters. The second kappa shape index (κ2) is 11.1. The number of para-hydroxylation sites is 1. The number of nitrogens with zero attached hydrogens (tertiary/aromatic N) is 3. The number of unbranched alkanes of at least 4 members (excludes halogenated alkanes) is 2. The molecular formula is C27H35N3O3. The molecule has 1 aromatic heterocycles. The Morgan fingerprint density at radius 1 is 1.12 bits per heavy atom. The highest BCUT2D eigenvalue weighted by molar-refractivity contribution is 5.79. The van der Waals surface area contributed by atoms with Crippen LogP contribution >= 0.6 is 0 Å². The molecule has 2 aromatic carbocycles. The molecule has 3 rings (SSSR count). The zero-order valence-electron chi connectivity index (χ0n) is 20.4. The average Bonchev–Trinajstić information content (AvgIpc) is 2.82. The van der Waals surface area contributed by atoms with E-state index >= 15 is 0 Å². The Hall–Kier alpha value is -3.15. The number of benzene rings is 2. The van der Waals surface area contributed by atoms with E-state index in [2.05, 4.69) is 13.8 Å². The van der Waals surface area contributed by atoms with Gasteiger partial charge in [0.15, 0.2) is 0 Å². The Bertz CT molecular complexity index is 1170. The first-order chi connectivity index (χ1) is 15.9. The lowest BCUT2D eigenvalue weighted by Gasteiger charge is -2.31. The number of ether oxygens (including phenoxy) is 1. The molecule has 176 valence electrons. The van der Waals surface area contributed by atoms with Crippen LogP contribution in [0.15, 0.2) is 47.3 Å². The minimum absolute atomic E-state index is 0.1000. The van der Waals surface area contributed by atoms with Crippen LogP contribution in [0.3, 0.4) is 0 Å². The van der Waals surface area contributed by atoms with E-state index in [4.69, 9.17) is 9.72 Å². The van der Waals surface area contributed by atoms with Crippen LogP contribution in [-0.4, -0.2) is 34.0 Å². The fraction of sp³-hybridized carbons (Fsp3) is 0.444. The number of hydrogen-bond acceptors (Lipinski definition) is 4. The van der Waals surface area contributed by atoms with Gasteiger partial charge in [-0.25, -0.2) is 4.98 Å². The summed E-state index contributed by atoms with van der Waals surface area (Å²) in [5.41, 5.74) is 2.11. The van der Waals surface area contributed by atoms with E-state index in [9.17, 15) is 9.59 Å². The Morgan fingerprint density at radius 3 is 2.55 bits per heavy atom. The van der Waals surface area contributed by atoms with E-state index in [1.54, 1.807) is 17.7 Å². The lowest BCUT2D eigenvalue weighted by molar-refractivity contribution is -0.133. The van der Waals surface area contributed by atoms with Crippen molar-refractivity contribution in [3.05, 3.63) is 64.2 Å². The molecule has 0 radical (unpaired) electrons. The molecule has 0 aliphatic heterocycles. The zero-order chi connectivity index (χ0) is 24.0. The number of aryl methyl sites for hydroxylation is 1. The van der Waals surface area contributed by atoms with Crippen LogP contribution in [0, 0.1) is 6.92 Å². The monoisotopic (exact) mass is 449 g/mol. The van der Waals surface area contributed by atoms with E-state index in [0.29, 0.717) is 41.1 Å². The van der Waals surface area contributed by atoms with Gasteiger partial charge in [-0.3, -0.25) is 14.2 Å². The smallest absolute Gasteiger partial charge is 0.266 e. The molecule has 1 heterocycles. The van der Waals surface area contributed by atoms with Crippen molar-refractivity contribution < 1.29 is 9.53 Å². The largest absolute Gasteiger partial charge is 0.495 e. The number of aromatic nitrogens is 2. The molecule has 6 nitrogen and oxygen atoms in total. The quantitative estimate of drug-likeness (QED) is 0.405. The number of rotatable bonds is 10. The zero-order valence-corrected chi connectivity index (χ0v) is 20.4. The number of carbonyl (C=O) groups is 1. The van der Waals surface area contributed by atoms with Gasteiger partial charge in [0, 0.05) is 13.0 Å². The van der Waals surface area contributed by atoms with Crippen LogP contribution in [0.2, 0.25) is 0 Å². The summed E-state index contributed by atoms with van der Waals surface area (Å²) in [4.78, 5) is 33.8. The third kappa shape index (κ3) is 5.27. The number of fused-ring (bicyclic) bond motifs is 1. The van der Waals surface area contributed by atoms with Gasteiger partial charge < -0.3 is 9.64 Å². The van der Waals surface area contributed by atoms with Crippen molar-refractivity contribution in [3.63, 3.8) is 0 Å². The number of carbonyl (C=O) groups excluding carboxylic acids is 1. The van der Waals surface area contributed by atoms with Gasteiger partial charge in [-0.2, -0.15) is 0 Å². The molecule has 6 heteroatoms. The summed E-state index contributed by atoms with van der Waals surface area (Å²) >= 11 is 0. The lowest BCUT2D eigenvalue weighted by Crippen LogP contribution is -2.38. The van der Waals surface area contributed by atoms with Crippen LogP contribution in [0.5, 0.6) is 5.75 Å². The van der Waals surface area contributed by atoms with E-state index < -0.39 is 0 Å². The Kier molecular flexibility index (Phi) is 8.26. The van der Waals surface area contributed by atoms with Gasteiger partial charge in [-0.15, -0.1) is 0 Å². The fourth-order valence-corrected chi connectivity index (χ4v) is 4.11. The van der Waals surface area contributed by atoms with Gasteiger partial charge in [0.1, 0.15) is 11.6 Å². The summed E-state index contributed by atoms with van der Waals surface area (Å²) in [6, 6.07) is 12.7. The molecule has 0 fully saturated rings. The molecule has 0 saturated carbocycles. The van der Waals surface area contributed by atoms with Crippen molar-refractivity contribution in [3.8, 4) is 11.4 Å². The van der Waals surface area contributed by atoms with Crippen LogP contribution in [0.25, 0.3) is 16.6 Å². The number of amides is 1. The third-order valence-electron chi connectivity index (χ3n) is 6.04. The van der Waals surface area contributed by atoms with Gasteiger partial charge >= 0.3 is 0 Å². The van der Waals surface area contributed by atoms with Crippen LogP contribution in [0.4, 0.5) is 0 Å². The lowest BCUT2D eigenvalue weighted by atomic mass is 10.1. The van der Waals surface area contributed by atoms with Gasteiger partial charge in [-0.1, -0.05) is 44.9 Å². The highest BCUT2D eigenvalue weighted by Crippen LogP contribution is 2.29. The molecular weight excluding hydrogens is 414 g/mol. The normalized spacial score (nSPS) is 12.0. The molecule has 3 aromatic rings. The van der Waals surface area contributed by atoms with Crippen molar-refractivity contribution in [2.75, 3.05) is 13.7 Å². The molecule has 33 heavy (non-hydrogen) atoms. The second-order valence-electron chi connectivity index (χ2n) is 8.52. The van der Waals surface area contributed by atoms with E-state index in [1.165, 1.54) is 0 Å². The predicted molar refractivity (Wildman–Crippen MR) is 133 cm³/mol. The predicted octanol–water partition coefficient (Wildman–Crippen LogP) is 5.58. The molecule has 0 spiro atoms. The van der Waals surface area contributed by atoms with Crippen LogP contribution in [0.1, 0.15) is 70.3 Å². The maximum absolute atomic E-state index is 13.8. The molecule has 0 aliphatic rings. The second-order valence-corrected chi connectivity index (χ2v) is 8.52. The summed E-state index contributed by atoms with van der Waals surface area (Å²) in [5, 5.41) is 0.537. The number of methoxy groups -OCH3 is 1. The SMILES string of the molecule is CCCCC(=O)N(CCCC)C(C)c1nc2ccccc2c(=O)n1-c1cc(C)ccc1OC. The van der Waals surface area contributed by atoms with Crippen molar-refractivity contribution in [2.45, 2.75) is 65.8 Å². The van der Waals surface area contributed by atoms with Crippen molar-refractivity contribution in [2.24, 2.45) is 0 Å². The molecule has 0 bridgehead atoms. The fourth-order valence-electron chi connectivity index (χ4n) is 4.11. The topological polar surface area (TPSA) is 64.4 Å². The maximum atomic E-state index is 13.8. The average molecular weight is 450 g/mol. The molecule has 1 amide bonds. The van der Waals surface area contributed by atoms with E-state index in [-0.39, 0.29) is 17.5 Å². The first-order valence-corrected chi connectivity index (χ1v) is 11.9. The van der Waals surface area contributed by atoms with Crippen LogP contribution < -0.4 is 10.3 Å². The standard InChI is InChI=1S/C27H35N3O3/c1-6-8-14-25(31)29(17-9-7-2)20(4)26-28-22-13-11-10-12-21(22)27(32)30(26)23-18-19(3)15-16-24(23)33-5/h10-13,15-16,18,20H,6-9,14,17H2,1-5H3. The molecule has 0 aliphatic carbocycles. The highest BCUT2D eigenvalue weighted by atomic mass is 16.5. The molecule has 0 N–H and O–H groups in total. The number of hydrogen-bond donors (Lipinski definition) is 0. The maximum Gasteiger partial charge on any atom is 0.266 e. The third-order valence-corrected chi connectivity index (χ3v) is 6.04. The van der Waals surface area contributed by atoms with Crippen molar-refractivity contribution >= 4 is 16.8 Å². The van der Waals surface area contributed by atoms with Crippen LogP contribution in [-0.2, 0) is 4.79 Å². The minimum atomic E-state index is -0.372. The van der Waals surface area contributed by atoms with Crippen molar-refractivity contribution in [1.29, 1.82) is 0 Å². The summed E-state index contributed by atoms with van der Waals surface area (Å²) in [6.45, 7) is 8.77. The van der Waals surface area contributed by atoms with Gasteiger partial charge in [0.25, 0.3) is 5.56 Å². The van der Waals surface area contributed by atoms with Crippen molar-refractivity contribution in [1.82, 2.24) is 14.5 Å². The van der Waals surface area contributed by atoms with Gasteiger partial charge in [0.05, 0.1) is 29.7 Å². The minimum Gasteiger partial charge on any atom is -0.495 e. The first kappa shape index (κ1) is 24.5. The van der Waals surface area contributed by atoms with E-state index in [0.717, 1.165) is 31.2 Å². The molecule has 1 atom stereocenters. The summed E-state index contributed by atoms with van der Waals surface area (Å²) < 4.78 is 7.24. The molecule has 0 saturated heterocycles. The first-order valence-electron chi connectivity index (χ1n) is 11.9. The highest BCUT2D eigenvalue weighted by Gasteiger charge is 2.27.